The first-order valence-electron chi connectivity index (χ1n) is 8.28. The van der Waals surface area contributed by atoms with Gasteiger partial charge < -0.3 is 14.8 Å². The fourth-order valence-electron chi connectivity index (χ4n) is 2.46. The Morgan fingerprint density at radius 3 is 2.58 bits per heavy atom. The SMILES string of the molecule is COc1ccc(NC(=O)c2cc(COc3cc(C)ccc3C)cs2)cc1. The number of hydrogen-bond acceptors (Lipinski definition) is 4. The van der Waals surface area contributed by atoms with Gasteiger partial charge >= 0.3 is 0 Å². The molecule has 0 radical (unpaired) electrons. The Hall–Kier alpha value is -2.79. The minimum atomic E-state index is -0.127. The van der Waals surface area contributed by atoms with Crippen molar-refractivity contribution in [2.24, 2.45) is 0 Å². The number of nitrogens with one attached hydrogen (secondary N) is 1. The minimum Gasteiger partial charge on any atom is -0.497 e. The van der Waals surface area contributed by atoms with Crippen molar-refractivity contribution in [1.82, 2.24) is 0 Å². The van der Waals surface area contributed by atoms with Crippen LogP contribution in [0, 0.1) is 13.8 Å². The third-order valence-electron chi connectivity index (χ3n) is 3.96. The predicted octanol–water partition coefficient (Wildman–Crippen LogP) is 5.20. The van der Waals surface area contributed by atoms with Crippen molar-refractivity contribution in [2.75, 3.05) is 12.4 Å². The number of methoxy groups -OCH3 is 1. The van der Waals surface area contributed by atoms with E-state index in [1.165, 1.54) is 11.3 Å². The van der Waals surface area contributed by atoms with E-state index in [4.69, 9.17) is 9.47 Å². The van der Waals surface area contributed by atoms with Crippen molar-refractivity contribution >= 4 is 22.9 Å². The molecule has 0 saturated carbocycles. The maximum Gasteiger partial charge on any atom is 0.265 e. The van der Waals surface area contributed by atoms with E-state index in [1.807, 2.05) is 61.7 Å². The van der Waals surface area contributed by atoms with E-state index in [1.54, 1.807) is 7.11 Å². The molecule has 3 rings (SSSR count). The highest BCUT2D eigenvalue weighted by atomic mass is 32.1. The highest BCUT2D eigenvalue weighted by Crippen LogP contribution is 2.23. The molecule has 5 heteroatoms. The van der Waals surface area contributed by atoms with E-state index in [0.29, 0.717) is 11.5 Å². The molecule has 0 atom stereocenters. The second kappa shape index (κ2) is 8.06. The average Bonchev–Trinajstić information content (AvgIpc) is 3.12. The zero-order chi connectivity index (χ0) is 18.5. The van der Waals surface area contributed by atoms with Gasteiger partial charge in [0.15, 0.2) is 0 Å². The number of rotatable bonds is 6. The number of hydrogen-bond donors (Lipinski definition) is 1. The van der Waals surface area contributed by atoms with Crippen molar-refractivity contribution in [1.29, 1.82) is 0 Å². The summed E-state index contributed by atoms with van der Waals surface area (Å²) in [5.41, 5.74) is 3.98. The second-order valence-corrected chi connectivity index (χ2v) is 6.97. The molecule has 0 aliphatic heterocycles. The lowest BCUT2D eigenvalue weighted by molar-refractivity contribution is 0.103. The lowest BCUT2D eigenvalue weighted by Gasteiger charge is -2.09. The standard InChI is InChI=1S/C21H21NO3S/c1-14-4-5-15(2)19(10-14)25-12-16-11-20(26-13-16)21(23)22-17-6-8-18(24-3)9-7-17/h4-11,13H,12H2,1-3H3,(H,22,23). The van der Waals surface area contributed by atoms with Crippen LogP contribution in [-0.2, 0) is 6.61 Å². The molecule has 0 saturated heterocycles. The summed E-state index contributed by atoms with van der Waals surface area (Å²) < 4.78 is 11.0. The zero-order valence-electron chi connectivity index (χ0n) is 15.0. The molecule has 0 aliphatic rings. The van der Waals surface area contributed by atoms with Gasteiger partial charge in [-0.2, -0.15) is 0 Å². The van der Waals surface area contributed by atoms with Crippen LogP contribution in [0.5, 0.6) is 11.5 Å². The van der Waals surface area contributed by atoms with Crippen LogP contribution in [0.25, 0.3) is 0 Å². The second-order valence-electron chi connectivity index (χ2n) is 6.06. The largest absolute Gasteiger partial charge is 0.497 e. The molecular formula is C21H21NO3S. The first-order chi connectivity index (χ1) is 12.5. The van der Waals surface area contributed by atoms with Gasteiger partial charge in [0, 0.05) is 11.3 Å². The molecule has 1 N–H and O–H groups in total. The Balaban J connectivity index is 1.61. The monoisotopic (exact) mass is 367 g/mol. The zero-order valence-corrected chi connectivity index (χ0v) is 15.9. The third kappa shape index (κ3) is 4.43. The summed E-state index contributed by atoms with van der Waals surface area (Å²) in [5.74, 6) is 1.50. The van der Waals surface area contributed by atoms with Gasteiger partial charge in [0.1, 0.15) is 18.1 Å². The Bertz CT molecular complexity index is 900. The highest BCUT2D eigenvalue weighted by molar-refractivity contribution is 7.12. The molecule has 1 amide bonds. The minimum absolute atomic E-state index is 0.127. The molecule has 1 heterocycles. The molecular weight excluding hydrogens is 346 g/mol. The van der Waals surface area contributed by atoms with Crippen molar-refractivity contribution in [3.05, 3.63) is 75.5 Å². The van der Waals surface area contributed by atoms with Gasteiger partial charge in [-0.25, -0.2) is 0 Å². The molecule has 3 aromatic rings. The summed E-state index contributed by atoms with van der Waals surface area (Å²) in [5, 5.41) is 4.84. The van der Waals surface area contributed by atoms with Crippen LogP contribution in [0.4, 0.5) is 5.69 Å². The summed E-state index contributed by atoms with van der Waals surface area (Å²) >= 11 is 1.41. The van der Waals surface area contributed by atoms with Crippen molar-refractivity contribution < 1.29 is 14.3 Å². The number of benzene rings is 2. The number of aryl methyl sites for hydroxylation is 2. The van der Waals surface area contributed by atoms with Crippen molar-refractivity contribution in [2.45, 2.75) is 20.5 Å². The Morgan fingerprint density at radius 1 is 1.08 bits per heavy atom. The van der Waals surface area contributed by atoms with E-state index in [-0.39, 0.29) is 5.91 Å². The highest BCUT2D eigenvalue weighted by Gasteiger charge is 2.10. The number of thiophene rings is 1. The molecule has 134 valence electrons. The van der Waals surface area contributed by atoms with Crippen LogP contribution in [0.2, 0.25) is 0 Å². The summed E-state index contributed by atoms with van der Waals surface area (Å²) in [6.45, 7) is 4.51. The van der Waals surface area contributed by atoms with Gasteiger partial charge in [-0.3, -0.25) is 4.79 Å². The van der Waals surface area contributed by atoms with Crippen LogP contribution in [-0.4, -0.2) is 13.0 Å². The maximum absolute atomic E-state index is 12.4. The van der Waals surface area contributed by atoms with Gasteiger partial charge in [-0.1, -0.05) is 12.1 Å². The lowest BCUT2D eigenvalue weighted by atomic mass is 10.1. The van der Waals surface area contributed by atoms with Gasteiger partial charge in [-0.05, 0) is 66.8 Å². The van der Waals surface area contributed by atoms with Crippen LogP contribution < -0.4 is 14.8 Å². The summed E-state index contributed by atoms with van der Waals surface area (Å²) in [6, 6.07) is 15.3. The fourth-order valence-corrected chi connectivity index (χ4v) is 3.25. The fraction of sp³-hybridized carbons (Fsp3) is 0.190. The molecule has 4 nitrogen and oxygen atoms in total. The molecule has 1 aromatic heterocycles. The van der Waals surface area contributed by atoms with Crippen LogP contribution in [0.15, 0.2) is 53.9 Å². The van der Waals surface area contributed by atoms with Gasteiger partial charge in [0.25, 0.3) is 5.91 Å². The quantitative estimate of drug-likeness (QED) is 0.651. The molecule has 0 fully saturated rings. The number of carbonyl (C=O) groups excluding carboxylic acids is 1. The number of anilines is 1. The van der Waals surface area contributed by atoms with Gasteiger partial charge in [0.05, 0.1) is 12.0 Å². The van der Waals surface area contributed by atoms with Crippen molar-refractivity contribution in [3.63, 3.8) is 0 Å². The van der Waals surface area contributed by atoms with Crippen LogP contribution in [0.1, 0.15) is 26.4 Å². The van der Waals surface area contributed by atoms with Gasteiger partial charge in [0.2, 0.25) is 0 Å². The molecule has 26 heavy (non-hydrogen) atoms. The first kappa shape index (κ1) is 18.0. The molecule has 0 spiro atoms. The maximum atomic E-state index is 12.4. The molecule has 0 bridgehead atoms. The lowest BCUT2D eigenvalue weighted by Crippen LogP contribution is -2.10. The number of amides is 1. The predicted molar refractivity (Wildman–Crippen MR) is 106 cm³/mol. The topological polar surface area (TPSA) is 47.6 Å². The summed E-state index contributed by atoms with van der Waals surface area (Å²) in [7, 11) is 1.61. The Morgan fingerprint density at radius 2 is 1.85 bits per heavy atom. The van der Waals surface area contributed by atoms with E-state index < -0.39 is 0 Å². The number of ether oxygens (including phenoxy) is 2. The summed E-state index contributed by atoms with van der Waals surface area (Å²) in [4.78, 5) is 13.0. The summed E-state index contributed by atoms with van der Waals surface area (Å²) in [6.07, 6.45) is 0. The smallest absolute Gasteiger partial charge is 0.265 e. The normalized spacial score (nSPS) is 10.4. The molecule has 0 unspecified atom stereocenters. The Kier molecular flexibility index (Phi) is 5.58. The first-order valence-corrected chi connectivity index (χ1v) is 9.16. The van der Waals surface area contributed by atoms with Crippen LogP contribution >= 0.6 is 11.3 Å². The van der Waals surface area contributed by atoms with Crippen molar-refractivity contribution in [3.8, 4) is 11.5 Å². The van der Waals surface area contributed by atoms with Crippen LogP contribution in [0.3, 0.4) is 0 Å². The van der Waals surface area contributed by atoms with E-state index in [0.717, 1.165) is 33.9 Å². The molecule has 2 aromatic carbocycles. The van der Waals surface area contributed by atoms with Gasteiger partial charge in [-0.15, -0.1) is 11.3 Å². The average molecular weight is 367 g/mol. The van der Waals surface area contributed by atoms with E-state index in [2.05, 4.69) is 11.4 Å². The third-order valence-corrected chi connectivity index (χ3v) is 4.94. The number of carbonyl (C=O) groups is 1. The Labute approximate surface area is 157 Å². The van der Waals surface area contributed by atoms with E-state index in [9.17, 15) is 4.79 Å². The van der Waals surface area contributed by atoms with E-state index >= 15 is 0 Å². The molecule has 0 aliphatic carbocycles.